The Bertz CT molecular complexity index is 767. The van der Waals surface area contributed by atoms with Crippen molar-refractivity contribution in [3.63, 3.8) is 0 Å². The first kappa shape index (κ1) is 11.7. The number of aryl methyl sites for hydroxylation is 1. The number of amides is 1. The van der Waals surface area contributed by atoms with Crippen LogP contribution in [-0.4, -0.2) is 20.9 Å². The molecule has 0 spiro atoms. The van der Waals surface area contributed by atoms with Crippen LogP contribution in [0.15, 0.2) is 30.7 Å². The van der Waals surface area contributed by atoms with Gasteiger partial charge in [0, 0.05) is 29.5 Å². The maximum Gasteiger partial charge on any atom is 0.259 e. The summed E-state index contributed by atoms with van der Waals surface area (Å²) < 4.78 is 0. The Morgan fingerprint density at radius 3 is 2.89 bits per heavy atom. The molecule has 19 heavy (non-hydrogen) atoms. The molecular formula is C13H10N4OS. The van der Waals surface area contributed by atoms with E-state index in [2.05, 4.69) is 15.0 Å². The molecule has 0 fully saturated rings. The normalized spacial score (nSPS) is 10.8. The first-order valence-electron chi connectivity index (χ1n) is 5.63. The van der Waals surface area contributed by atoms with Gasteiger partial charge >= 0.3 is 0 Å². The molecule has 0 saturated heterocycles. The standard InChI is InChI=1S/C13H10N4OS/c1-7-9-6-16-12(8-3-2-4-15-5-8)17-13(9)19-10(7)11(14)18/h2-6H,1H3,(H2,14,18). The number of pyridine rings is 1. The summed E-state index contributed by atoms with van der Waals surface area (Å²) in [6.45, 7) is 1.85. The Kier molecular flexibility index (Phi) is 2.72. The number of nitrogens with two attached hydrogens (primary N) is 1. The van der Waals surface area contributed by atoms with Crippen molar-refractivity contribution in [3.05, 3.63) is 41.2 Å². The van der Waals surface area contributed by atoms with Crippen LogP contribution >= 0.6 is 11.3 Å². The van der Waals surface area contributed by atoms with E-state index >= 15 is 0 Å². The van der Waals surface area contributed by atoms with Gasteiger partial charge in [-0.1, -0.05) is 0 Å². The number of fused-ring (bicyclic) bond motifs is 1. The molecule has 0 aromatic carbocycles. The van der Waals surface area contributed by atoms with Crippen LogP contribution in [0.3, 0.4) is 0 Å². The van der Waals surface area contributed by atoms with Crippen LogP contribution in [0.4, 0.5) is 0 Å². The summed E-state index contributed by atoms with van der Waals surface area (Å²) in [5.74, 6) is 0.168. The zero-order valence-electron chi connectivity index (χ0n) is 10.1. The maximum atomic E-state index is 11.3. The van der Waals surface area contributed by atoms with Crippen LogP contribution in [0, 0.1) is 6.92 Å². The first-order chi connectivity index (χ1) is 9.16. The molecule has 3 aromatic rings. The largest absolute Gasteiger partial charge is 0.365 e. The summed E-state index contributed by atoms with van der Waals surface area (Å²) in [6.07, 6.45) is 5.13. The molecule has 0 radical (unpaired) electrons. The predicted octanol–water partition coefficient (Wildman–Crippen LogP) is 2.16. The third-order valence-electron chi connectivity index (χ3n) is 2.84. The van der Waals surface area contributed by atoms with Gasteiger partial charge in [-0.25, -0.2) is 9.97 Å². The second-order valence-electron chi connectivity index (χ2n) is 4.07. The van der Waals surface area contributed by atoms with Crippen LogP contribution in [-0.2, 0) is 0 Å². The molecule has 0 atom stereocenters. The van der Waals surface area contributed by atoms with Crippen LogP contribution in [0.1, 0.15) is 15.2 Å². The minimum Gasteiger partial charge on any atom is -0.365 e. The zero-order valence-corrected chi connectivity index (χ0v) is 10.9. The molecule has 6 heteroatoms. The molecule has 2 N–H and O–H groups in total. The average molecular weight is 270 g/mol. The highest BCUT2D eigenvalue weighted by Crippen LogP contribution is 2.29. The average Bonchev–Trinajstić information content (AvgIpc) is 2.77. The van der Waals surface area contributed by atoms with Crippen LogP contribution in [0.2, 0.25) is 0 Å². The summed E-state index contributed by atoms with van der Waals surface area (Å²) >= 11 is 1.29. The van der Waals surface area contributed by atoms with Gasteiger partial charge < -0.3 is 5.73 Å². The monoisotopic (exact) mass is 270 g/mol. The SMILES string of the molecule is Cc1c(C(N)=O)sc2nc(-c3cccnc3)ncc12. The van der Waals surface area contributed by atoms with E-state index in [1.54, 1.807) is 18.6 Å². The fourth-order valence-corrected chi connectivity index (χ4v) is 2.87. The van der Waals surface area contributed by atoms with Crippen molar-refractivity contribution in [2.45, 2.75) is 6.92 Å². The topological polar surface area (TPSA) is 81.8 Å². The minimum absolute atomic E-state index is 0.427. The third-order valence-corrected chi connectivity index (χ3v) is 4.06. The lowest BCUT2D eigenvalue weighted by molar-refractivity contribution is 0.100. The Morgan fingerprint density at radius 2 is 2.21 bits per heavy atom. The molecule has 5 nitrogen and oxygen atoms in total. The number of hydrogen-bond acceptors (Lipinski definition) is 5. The van der Waals surface area contributed by atoms with E-state index in [0.717, 1.165) is 21.3 Å². The number of nitrogens with zero attached hydrogens (tertiary/aromatic N) is 3. The molecule has 94 valence electrons. The van der Waals surface area contributed by atoms with Gasteiger partial charge in [0.1, 0.15) is 4.83 Å². The molecule has 0 bridgehead atoms. The summed E-state index contributed by atoms with van der Waals surface area (Å²) in [5.41, 5.74) is 7.02. The number of hydrogen-bond donors (Lipinski definition) is 1. The highest BCUT2D eigenvalue weighted by atomic mass is 32.1. The van der Waals surface area contributed by atoms with E-state index < -0.39 is 5.91 Å². The second-order valence-corrected chi connectivity index (χ2v) is 5.07. The third kappa shape index (κ3) is 1.96. The summed E-state index contributed by atoms with van der Waals surface area (Å²) in [6, 6.07) is 3.72. The smallest absolute Gasteiger partial charge is 0.259 e. The number of rotatable bonds is 2. The molecular weight excluding hydrogens is 260 g/mol. The highest BCUT2D eigenvalue weighted by Gasteiger charge is 2.15. The molecule has 0 aliphatic heterocycles. The van der Waals surface area contributed by atoms with Crippen molar-refractivity contribution in [2.75, 3.05) is 0 Å². The Labute approximate surface area is 113 Å². The summed E-state index contributed by atoms with van der Waals surface area (Å²) in [4.78, 5) is 25.4. The number of aromatic nitrogens is 3. The van der Waals surface area contributed by atoms with Crippen molar-refractivity contribution < 1.29 is 4.79 Å². The van der Waals surface area contributed by atoms with Crippen LogP contribution in [0.5, 0.6) is 0 Å². The van der Waals surface area contributed by atoms with Crippen molar-refractivity contribution in [1.29, 1.82) is 0 Å². The lowest BCUT2D eigenvalue weighted by Gasteiger charge is -1.98. The lowest BCUT2D eigenvalue weighted by Crippen LogP contribution is -2.09. The molecule has 0 aliphatic carbocycles. The predicted molar refractivity (Wildman–Crippen MR) is 73.9 cm³/mol. The van der Waals surface area contributed by atoms with Gasteiger partial charge in [0.25, 0.3) is 5.91 Å². The molecule has 0 unspecified atom stereocenters. The van der Waals surface area contributed by atoms with Gasteiger partial charge in [0.05, 0.1) is 4.88 Å². The molecule has 0 aliphatic rings. The van der Waals surface area contributed by atoms with Gasteiger partial charge in [-0.3, -0.25) is 9.78 Å². The molecule has 3 rings (SSSR count). The molecule has 1 amide bonds. The van der Waals surface area contributed by atoms with Crippen molar-refractivity contribution >= 4 is 27.5 Å². The van der Waals surface area contributed by atoms with Crippen molar-refractivity contribution in [1.82, 2.24) is 15.0 Å². The fourth-order valence-electron chi connectivity index (χ4n) is 1.87. The van der Waals surface area contributed by atoms with Gasteiger partial charge in [0.15, 0.2) is 5.82 Å². The second kappa shape index (κ2) is 4.40. The Hall–Kier alpha value is -2.34. The van der Waals surface area contributed by atoms with Gasteiger partial charge in [-0.15, -0.1) is 11.3 Å². The summed E-state index contributed by atoms with van der Waals surface area (Å²) in [5, 5.41) is 0.867. The van der Waals surface area contributed by atoms with Crippen molar-refractivity contribution in [2.24, 2.45) is 5.73 Å². The van der Waals surface area contributed by atoms with E-state index in [0.29, 0.717) is 10.7 Å². The minimum atomic E-state index is -0.427. The van der Waals surface area contributed by atoms with E-state index in [9.17, 15) is 4.79 Å². The fraction of sp³-hybridized carbons (Fsp3) is 0.0769. The van der Waals surface area contributed by atoms with Crippen molar-refractivity contribution in [3.8, 4) is 11.4 Å². The number of thiophene rings is 1. The van der Waals surface area contributed by atoms with Gasteiger partial charge in [-0.2, -0.15) is 0 Å². The van der Waals surface area contributed by atoms with E-state index in [-0.39, 0.29) is 0 Å². The maximum absolute atomic E-state index is 11.3. The highest BCUT2D eigenvalue weighted by molar-refractivity contribution is 7.20. The number of carbonyl (C=O) groups excluding carboxylic acids is 1. The van der Waals surface area contributed by atoms with Crippen LogP contribution < -0.4 is 5.73 Å². The van der Waals surface area contributed by atoms with Crippen LogP contribution in [0.25, 0.3) is 21.6 Å². The Balaban J connectivity index is 2.19. The summed E-state index contributed by atoms with van der Waals surface area (Å²) in [7, 11) is 0. The van der Waals surface area contributed by atoms with Gasteiger partial charge in [0.2, 0.25) is 0 Å². The number of carbonyl (C=O) groups is 1. The molecule has 3 heterocycles. The lowest BCUT2D eigenvalue weighted by atomic mass is 10.2. The van der Waals surface area contributed by atoms with E-state index in [4.69, 9.17) is 5.73 Å². The van der Waals surface area contributed by atoms with E-state index in [1.165, 1.54) is 11.3 Å². The Morgan fingerprint density at radius 1 is 1.37 bits per heavy atom. The molecule has 3 aromatic heterocycles. The quantitative estimate of drug-likeness (QED) is 0.773. The number of primary amides is 1. The zero-order chi connectivity index (χ0) is 13.4. The first-order valence-corrected chi connectivity index (χ1v) is 6.45. The van der Waals surface area contributed by atoms with E-state index in [1.807, 2.05) is 19.1 Å². The molecule has 0 saturated carbocycles. The van der Waals surface area contributed by atoms with Gasteiger partial charge in [-0.05, 0) is 24.6 Å².